The maximum Gasteiger partial charge on any atom is 0.255 e. The zero-order valence-corrected chi connectivity index (χ0v) is 20.0. The van der Waals surface area contributed by atoms with Crippen LogP contribution < -0.4 is 11.1 Å². The zero-order valence-electron chi connectivity index (χ0n) is 19.3. The van der Waals surface area contributed by atoms with Crippen molar-refractivity contribution in [1.82, 2.24) is 4.90 Å². The van der Waals surface area contributed by atoms with Gasteiger partial charge in [0.05, 0.1) is 11.6 Å². The van der Waals surface area contributed by atoms with Gasteiger partial charge in [-0.05, 0) is 85.8 Å². The second kappa shape index (κ2) is 11.2. The quantitative estimate of drug-likeness (QED) is 0.488. The third kappa shape index (κ3) is 6.27. The molecule has 35 heavy (non-hydrogen) atoms. The summed E-state index contributed by atoms with van der Waals surface area (Å²) in [5.74, 6) is -0.301. The van der Waals surface area contributed by atoms with Crippen LogP contribution in [0, 0.1) is 11.3 Å². The molecule has 1 saturated carbocycles. The van der Waals surface area contributed by atoms with E-state index in [1.165, 1.54) is 0 Å². The molecule has 1 aliphatic carbocycles. The van der Waals surface area contributed by atoms with Gasteiger partial charge in [-0.15, -0.1) is 0 Å². The highest BCUT2D eigenvalue weighted by molar-refractivity contribution is 6.31. The third-order valence-electron chi connectivity index (χ3n) is 6.36. The highest BCUT2D eigenvalue weighted by Gasteiger charge is 2.28. The average Bonchev–Trinajstić information content (AvgIpc) is 2.88. The van der Waals surface area contributed by atoms with E-state index in [0.717, 1.165) is 31.2 Å². The van der Waals surface area contributed by atoms with Crippen LogP contribution in [0.25, 0.3) is 0 Å². The molecule has 0 aliphatic heterocycles. The van der Waals surface area contributed by atoms with E-state index in [-0.39, 0.29) is 23.9 Å². The lowest BCUT2D eigenvalue weighted by molar-refractivity contribution is 0.0606. The lowest BCUT2D eigenvalue weighted by atomic mass is 9.90. The summed E-state index contributed by atoms with van der Waals surface area (Å²) in [6, 6.07) is 23.4. The van der Waals surface area contributed by atoms with Gasteiger partial charge in [-0.2, -0.15) is 5.26 Å². The monoisotopic (exact) mass is 486 g/mol. The molecule has 0 radical (unpaired) electrons. The number of nitrogens with one attached hydrogen (secondary N) is 1. The molecule has 2 amide bonds. The average molecular weight is 487 g/mol. The Bertz CT molecular complexity index is 1230. The maximum absolute atomic E-state index is 13.5. The minimum absolute atomic E-state index is 0.0618. The van der Waals surface area contributed by atoms with E-state index < -0.39 is 0 Å². The molecule has 3 aromatic carbocycles. The number of carbonyl (C=O) groups excluding carboxylic acids is 2. The summed E-state index contributed by atoms with van der Waals surface area (Å²) in [7, 11) is 0. The Morgan fingerprint density at radius 2 is 1.66 bits per heavy atom. The summed E-state index contributed by atoms with van der Waals surface area (Å²) in [4.78, 5) is 27.9. The summed E-state index contributed by atoms with van der Waals surface area (Å²) in [5, 5.41) is 12.4. The zero-order chi connectivity index (χ0) is 24.8. The second-order valence-electron chi connectivity index (χ2n) is 8.85. The second-order valence-corrected chi connectivity index (χ2v) is 9.29. The van der Waals surface area contributed by atoms with Gasteiger partial charge in [0.2, 0.25) is 0 Å². The van der Waals surface area contributed by atoms with Crippen molar-refractivity contribution in [1.29, 1.82) is 5.26 Å². The molecular weight excluding hydrogens is 460 g/mol. The predicted octanol–water partition coefficient (Wildman–Crippen LogP) is 5.38. The molecule has 0 atom stereocenters. The van der Waals surface area contributed by atoms with Gasteiger partial charge < -0.3 is 16.0 Å². The fraction of sp³-hybridized carbons (Fsp3) is 0.250. The van der Waals surface area contributed by atoms with Gasteiger partial charge in [-0.1, -0.05) is 29.8 Å². The fourth-order valence-electron chi connectivity index (χ4n) is 4.36. The minimum Gasteiger partial charge on any atom is -0.331 e. The van der Waals surface area contributed by atoms with E-state index in [0.29, 0.717) is 33.9 Å². The molecule has 6 nitrogen and oxygen atoms in total. The predicted molar refractivity (Wildman–Crippen MR) is 137 cm³/mol. The van der Waals surface area contributed by atoms with Crippen molar-refractivity contribution in [2.24, 2.45) is 5.73 Å². The first-order chi connectivity index (χ1) is 16.9. The molecule has 3 aromatic rings. The van der Waals surface area contributed by atoms with Gasteiger partial charge in [0.1, 0.15) is 0 Å². The van der Waals surface area contributed by atoms with Gasteiger partial charge in [-0.3, -0.25) is 9.59 Å². The van der Waals surface area contributed by atoms with Crippen LogP contribution in [-0.2, 0) is 6.54 Å². The number of nitrogens with zero attached hydrogens (tertiary/aromatic N) is 2. The molecule has 1 fully saturated rings. The number of nitriles is 1. The van der Waals surface area contributed by atoms with Crippen LogP contribution in [0.3, 0.4) is 0 Å². The normalized spacial score (nSPS) is 17.3. The van der Waals surface area contributed by atoms with Crippen molar-refractivity contribution in [2.45, 2.75) is 44.3 Å². The molecule has 0 saturated heterocycles. The number of carbonyl (C=O) groups is 2. The van der Waals surface area contributed by atoms with Crippen molar-refractivity contribution < 1.29 is 9.59 Å². The first-order valence-electron chi connectivity index (χ1n) is 11.7. The number of benzene rings is 3. The van der Waals surface area contributed by atoms with Crippen molar-refractivity contribution in [3.63, 3.8) is 0 Å². The van der Waals surface area contributed by atoms with Crippen LogP contribution in [0.15, 0.2) is 72.8 Å². The molecule has 4 rings (SSSR count). The Morgan fingerprint density at radius 3 is 2.29 bits per heavy atom. The number of amides is 2. The van der Waals surface area contributed by atoms with Crippen LogP contribution in [0.5, 0.6) is 0 Å². The van der Waals surface area contributed by atoms with Crippen LogP contribution in [0.1, 0.15) is 57.5 Å². The van der Waals surface area contributed by atoms with E-state index in [2.05, 4.69) is 11.4 Å². The molecule has 3 N–H and O–H groups in total. The lowest BCUT2D eigenvalue weighted by Crippen LogP contribution is -2.43. The number of halogens is 1. The molecule has 7 heteroatoms. The van der Waals surface area contributed by atoms with Crippen molar-refractivity contribution in [3.8, 4) is 6.07 Å². The Morgan fingerprint density at radius 1 is 0.971 bits per heavy atom. The first kappa shape index (κ1) is 24.5. The van der Waals surface area contributed by atoms with Gasteiger partial charge in [0.25, 0.3) is 11.8 Å². The molecule has 0 heterocycles. The Kier molecular flexibility index (Phi) is 7.81. The molecular formula is C28H27ClN4O2. The largest absolute Gasteiger partial charge is 0.331 e. The molecule has 0 unspecified atom stereocenters. The number of hydrogen-bond donors (Lipinski definition) is 2. The van der Waals surface area contributed by atoms with E-state index in [9.17, 15) is 9.59 Å². The van der Waals surface area contributed by atoms with Crippen molar-refractivity contribution in [3.05, 3.63) is 100 Å². The molecule has 178 valence electrons. The number of nitrogens with two attached hydrogens (primary N) is 1. The highest BCUT2D eigenvalue weighted by Crippen LogP contribution is 2.26. The summed E-state index contributed by atoms with van der Waals surface area (Å²) in [6.07, 6.45) is 3.49. The standard InChI is InChI=1S/C28H27ClN4O2/c29-23-3-1-2-22(16-23)27(34)32-25-12-6-20(7-13-25)18-33(26-14-10-24(31)11-15-26)28(35)21-8-4-19(17-30)5-9-21/h1-9,12-13,16,24,26H,10-11,14-15,18,31H2,(H,32,34). The van der Waals surface area contributed by atoms with E-state index in [1.54, 1.807) is 48.5 Å². The van der Waals surface area contributed by atoms with Gasteiger partial charge >= 0.3 is 0 Å². The van der Waals surface area contributed by atoms with Gasteiger partial charge in [0.15, 0.2) is 0 Å². The molecule has 0 bridgehead atoms. The first-order valence-corrected chi connectivity index (χ1v) is 12.0. The minimum atomic E-state index is -0.239. The summed E-state index contributed by atoms with van der Waals surface area (Å²) in [6.45, 7) is 0.446. The highest BCUT2D eigenvalue weighted by atomic mass is 35.5. The number of anilines is 1. The van der Waals surface area contributed by atoms with Crippen LogP contribution in [0.4, 0.5) is 5.69 Å². The van der Waals surface area contributed by atoms with Crippen molar-refractivity contribution in [2.75, 3.05) is 5.32 Å². The Labute approximate surface area is 210 Å². The van der Waals surface area contributed by atoms with E-state index >= 15 is 0 Å². The third-order valence-corrected chi connectivity index (χ3v) is 6.59. The molecule has 0 aromatic heterocycles. The summed E-state index contributed by atoms with van der Waals surface area (Å²) in [5.41, 5.74) is 9.28. The van der Waals surface area contributed by atoms with Crippen LogP contribution in [-0.4, -0.2) is 28.8 Å². The summed E-state index contributed by atoms with van der Waals surface area (Å²) < 4.78 is 0. The van der Waals surface area contributed by atoms with Crippen LogP contribution >= 0.6 is 11.6 Å². The lowest BCUT2D eigenvalue weighted by Gasteiger charge is -2.36. The number of rotatable bonds is 6. The molecule has 1 aliphatic rings. The van der Waals surface area contributed by atoms with Gasteiger partial charge in [-0.25, -0.2) is 0 Å². The Hall–Kier alpha value is -3.66. The topological polar surface area (TPSA) is 99.2 Å². The Balaban J connectivity index is 1.49. The van der Waals surface area contributed by atoms with Gasteiger partial charge in [0, 0.05) is 40.5 Å². The van der Waals surface area contributed by atoms with Crippen molar-refractivity contribution >= 4 is 29.1 Å². The SMILES string of the molecule is N#Cc1ccc(C(=O)N(Cc2ccc(NC(=O)c3cccc(Cl)c3)cc2)C2CCC(N)CC2)cc1. The van der Waals surface area contributed by atoms with E-state index in [1.807, 2.05) is 29.2 Å². The fourth-order valence-corrected chi connectivity index (χ4v) is 4.55. The van der Waals surface area contributed by atoms with E-state index in [4.69, 9.17) is 22.6 Å². The smallest absolute Gasteiger partial charge is 0.255 e. The van der Waals surface area contributed by atoms with Crippen LogP contribution in [0.2, 0.25) is 5.02 Å². The maximum atomic E-state index is 13.5. The number of hydrogen-bond acceptors (Lipinski definition) is 4. The summed E-state index contributed by atoms with van der Waals surface area (Å²) >= 11 is 5.98. The molecule has 0 spiro atoms.